The molecule has 100 valence electrons. The Morgan fingerprint density at radius 3 is 3.11 bits per heavy atom. The molecule has 1 aliphatic heterocycles. The lowest BCUT2D eigenvalue weighted by Crippen LogP contribution is -2.56. The van der Waals surface area contributed by atoms with Gasteiger partial charge in [0.25, 0.3) is 0 Å². The summed E-state index contributed by atoms with van der Waals surface area (Å²) in [6.45, 7) is 7.35. The van der Waals surface area contributed by atoms with E-state index in [2.05, 4.69) is 34.4 Å². The molecular weight excluding hydrogens is 248 g/mol. The number of rotatable bonds is 4. The summed E-state index contributed by atoms with van der Waals surface area (Å²) in [6, 6.07) is -0.219. The van der Waals surface area contributed by atoms with E-state index in [1.165, 1.54) is 0 Å². The quantitative estimate of drug-likeness (QED) is 0.835. The number of hydrogen-bond donors (Lipinski definition) is 2. The molecule has 2 heterocycles. The molecule has 1 unspecified atom stereocenters. The van der Waals surface area contributed by atoms with Crippen molar-refractivity contribution in [3.63, 3.8) is 0 Å². The highest BCUT2D eigenvalue weighted by Crippen LogP contribution is 2.20. The first kappa shape index (κ1) is 13.5. The summed E-state index contributed by atoms with van der Waals surface area (Å²) in [4.78, 5) is 18.1. The van der Waals surface area contributed by atoms with Crippen LogP contribution in [0, 0.1) is 0 Å². The van der Waals surface area contributed by atoms with Crippen LogP contribution in [0.2, 0.25) is 0 Å². The van der Waals surface area contributed by atoms with Crippen molar-refractivity contribution >= 4 is 17.2 Å². The molecule has 0 bridgehead atoms. The molecule has 1 amide bonds. The Morgan fingerprint density at radius 2 is 2.50 bits per heavy atom. The maximum Gasteiger partial charge on any atom is 0.236 e. The SMILES string of the molecule is CC(C)c1nc(CN2CCNCC2C(N)=O)cs1. The van der Waals surface area contributed by atoms with Gasteiger partial charge in [-0.25, -0.2) is 4.98 Å². The molecule has 1 aliphatic rings. The lowest BCUT2D eigenvalue weighted by Gasteiger charge is -2.33. The lowest BCUT2D eigenvalue weighted by atomic mass is 10.1. The van der Waals surface area contributed by atoms with E-state index in [9.17, 15) is 4.79 Å². The van der Waals surface area contributed by atoms with Gasteiger partial charge in [-0.15, -0.1) is 11.3 Å². The Morgan fingerprint density at radius 1 is 1.72 bits per heavy atom. The molecular formula is C12H20N4OS. The Balaban J connectivity index is 2.03. The number of aromatic nitrogens is 1. The molecule has 0 aliphatic carbocycles. The van der Waals surface area contributed by atoms with Gasteiger partial charge in [0.05, 0.1) is 10.7 Å². The Labute approximate surface area is 111 Å². The van der Waals surface area contributed by atoms with Gasteiger partial charge < -0.3 is 11.1 Å². The normalized spacial score (nSPS) is 21.4. The fourth-order valence-corrected chi connectivity index (χ4v) is 2.91. The van der Waals surface area contributed by atoms with Crippen LogP contribution in [0.1, 0.15) is 30.5 Å². The van der Waals surface area contributed by atoms with E-state index < -0.39 is 0 Å². The first-order valence-electron chi connectivity index (χ1n) is 6.26. The van der Waals surface area contributed by atoms with Crippen LogP contribution in [0.4, 0.5) is 0 Å². The Kier molecular flexibility index (Phi) is 4.31. The number of nitrogens with two attached hydrogens (primary N) is 1. The van der Waals surface area contributed by atoms with E-state index in [0.717, 1.165) is 23.8 Å². The maximum atomic E-state index is 11.4. The molecule has 0 aromatic carbocycles. The van der Waals surface area contributed by atoms with E-state index >= 15 is 0 Å². The van der Waals surface area contributed by atoms with Crippen molar-refractivity contribution in [1.29, 1.82) is 0 Å². The second-order valence-corrected chi connectivity index (χ2v) is 5.81. The van der Waals surface area contributed by atoms with Gasteiger partial charge >= 0.3 is 0 Å². The summed E-state index contributed by atoms with van der Waals surface area (Å²) in [5.41, 5.74) is 6.47. The number of piperazine rings is 1. The van der Waals surface area contributed by atoms with Crippen molar-refractivity contribution in [3.05, 3.63) is 16.1 Å². The van der Waals surface area contributed by atoms with Crippen LogP contribution >= 0.6 is 11.3 Å². The number of primary amides is 1. The second kappa shape index (κ2) is 5.77. The summed E-state index contributed by atoms with van der Waals surface area (Å²) in [5.74, 6) is 0.195. The van der Waals surface area contributed by atoms with Crippen LogP contribution < -0.4 is 11.1 Å². The van der Waals surface area contributed by atoms with Crippen molar-refractivity contribution in [3.8, 4) is 0 Å². The summed E-state index contributed by atoms with van der Waals surface area (Å²) >= 11 is 1.69. The topological polar surface area (TPSA) is 71.2 Å². The number of amides is 1. The van der Waals surface area contributed by atoms with Gasteiger partial charge in [-0.05, 0) is 0 Å². The van der Waals surface area contributed by atoms with Crippen molar-refractivity contribution in [2.75, 3.05) is 19.6 Å². The molecule has 0 spiro atoms. The van der Waals surface area contributed by atoms with Crippen LogP contribution in [-0.4, -0.2) is 41.5 Å². The molecule has 0 saturated carbocycles. The second-order valence-electron chi connectivity index (χ2n) is 4.92. The lowest BCUT2D eigenvalue weighted by molar-refractivity contribution is -0.124. The molecule has 2 rings (SSSR count). The van der Waals surface area contributed by atoms with Gasteiger partial charge in [-0.2, -0.15) is 0 Å². The fraction of sp³-hybridized carbons (Fsp3) is 0.667. The summed E-state index contributed by atoms with van der Waals surface area (Å²) in [5, 5.41) is 6.42. The van der Waals surface area contributed by atoms with Crippen molar-refractivity contribution in [2.24, 2.45) is 5.73 Å². The molecule has 0 radical (unpaired) electrons. The number of carbonyl (C=O) groups is 1. The highest BCUT2D eigenvalue weighted by molar-refractivity contribution is 7.09. The van der Waals surface area contributed by atoms with E-state index in [0.29, 0.717) is 19.0 Å². The van der Waals surface area contributed by atoms with Gasteiger partial charge in [0, 0.05) is 37.5 Å². The number of hydrogen-bond acceptors (Lipinski definition) is 5. The highest BCUT2D eigenvalue weighted by atomic mass is 32.1. The van der Waals surface area contributed by atoms with Crippen LogP contribution in [0.25, 0.3) is 0 Å². The predicted molar refractivity (Wildman–Crippen MR) is 72.5 cm³/mol. The zero-order chi connectivity index (χ0) is 13.1. The molecule has 1 atom stereocenters. The minimum absolute atomic E-state index is 0.219. The number of carbonyl (C=O) groups excluding carboxylic acids is 1. The third-order valence-electron chi connectivity index (χ3n) is 3.11. The van der Waals surface area contributed by atoms with E-state index in [1.54, 1.807) is 11.3 Å². The molecule has 1 aromatic rings. The minimum atomic E-state index is -0.262. The van der Waals surface area contributed by atoms with E-state index in [-0.39, 0.29) is 11.9 Å². The number of nitrogens with zero attached hydrogens (tertiary/aromatic N) is 2. The highest BCUT2D eigenvalue weighted by Gasteiger charge is 2.27. The van der Waals surface area contributed by atoms with Crippen LogP contribution in [0.15, 0.2) is 5.38 Å². The van der Waals surface area contributed by atoms with E-state index in [1.807, 2.05) is 0 Å². The summed E-state index contributed by atoms with van der Waals surface area (Å²) in [7, 11) is 0. The van der Waals surface area contributed by atoms with Gasteiger partial charge in [-0.1, -0.05) is 13.8 Å². The van der Waals surface area contributed by atoms with Crippen molar-refractivity contribution in [1.82, 2.24) is 15.2 Å². The first-order valence-corrected chi connectivity index (χ1v) is 7.14. The van der Waals surface area contributed by atoms with Gasteiger partial charge in [0.15, 0.2) is 0 Å². The molecule has 1 saturated heterocycles. The zero-order valence-corrected chi connectivity index (χ0v) is 11.7. The van der Waals surface area contributed by atoms with Crippen molar-refractivity contribution < 1.29 is 4.79 Å². The van der Waals surface area contributed by atoms with Crippen molar-refractivity contribution in [2.45, 2.75) is 32.4 Å². The molecule has 1 fully saturated rings. The average Bonchev–Trinajstić information content (AvgIpc) is 2.78. The largest absolute Gasteiger partial charge is 0.368 e. The van der Waals surface area contributed by atoms with Crippen LogP contribution in [0.3, 0.4) is 0 Å². The minimum Gasteiger partial charge on any atom is -0.368 e. The predicted octanol–water partition coefficient (Wildman–Crippen LogP) is 0.526. The van der Waals surface area contributed by atoms with Crippen LogP contribution in [-0.2, 0) is 11.3 Å². The Hall–Kier alpha value is -0.980. The van der Waals surface area contributed by atoms with Gasteiger partial charge in [0.2, 0.25) is 5.91 Å². The molecule has 1 aromatic heterocycles. The first-order chi connectivity index (χ1) is 8.58. The third kappa shape index (κ3) is 3.07. The monoisotopic (exact) mass is 268 g/mol. The smallest absolute Gasteiger partial charge is 0.236 e. The van der Waals surface area contributed by atoms with E-state index in [4.69, 9.17) is 5.73 Å². The standard InChI is InChI=1S/C12H20N4OS/c1-8(2)12-15-9(7-18-12)6-16-4-3-14-5-10(16)11(13)17/h7-8,10,14H,3-6H2,1-2H3,(H2,13,17). The van der Waals surface area contributed by atoms with Gasteiger partial charge in [-0.3, -0.25) is 9.69 Å². The fourth-order valence-electron chi connectivity index (χ4n) is 2.08. The third-order valence-corrected chi connectivity index (χ3v) is 4.31. The average molecular weight is 268 g/mol. The molecule has 5 nitrogen and oxygen atoms in total. The number of nitrogens with one attached hydrogen (secondary N) is 1. The Bertz CT molecular complexity index is 418. The molecule has 18 heavy (non-hydrogen) atoms. The molecule has 6 heteroatoms. The number of thiazole rings is 1. The summed E-state index contributed by atoms with van der Waals surface area (Å²) < 4.78 is 0. The zero-order valence-electron chi connectivity index (χ0n) is 10.8. The maximum absolute atomic E-state index is 11.4. The molecule has 3 N–H and O–H groups in total. The van der Waals surface area contributed by atoms with Crippen LogP contribution in [0.5, 0.6) is 0 Å². The van der Waals surface area contributed by atoms with Gasteiger partial charge in [0.1, 0.15) is 6.04 Å². The summed E-state index contributed by atoms with van der Waals surface area (Å²) in [6.07, 6.45) is 0.